The lowest BCUT2D eigenvalue weighted by Gasteiger charge is -2.31. The maximum atomic E-state index is 3.48. The van der Waals surface area contributed by atoms with Gasteiger partial charge in [-0.15, -0.1) is 0 Å². The van der Waals surface area contributed by atoms with E-state index in [2.05, 4.69) is 42.3 Å². The molecule has 1 heterocycles. The number of hydrogen-bond donors (Lipinski definition) is 1. The second-order valence-corrected chi connectivity index (χ2v) is 4.97. The maximum Gasteiger partial charge on any atom is 0.0399 e. The first-order chi connectivity index (χ1) is 8.31. The summed E-state index contributed by atoms with van der Waals surface area (Å²) in [5, 5.41) is 3.48. The highest BCUT2D eigenvalue weighted by Crippen LogP contribution is 2.27. The van der Waals surface area contributed by atoms with E-state index < -0.39 is 0 Å². The van der Waals surface area contributed by atoms with Crippen LogP contribution in [-0.2, 0) is 6.42 Å². The Bertz CT molecular complexity index is 360. The minimum Gasteiger partial charge on any atom is -0.370 e. The Morgan fingerprint density at radius 2 is 2.18 bits per heavy atom. The Balaban J connectivity index is 1.97. The molecule has 1 aromatic rings. The molecule has 1 aliphatic heterocycles. The molecule has 0 fully saturated rings. The van der Waals surface area contributed by atoms with Crippen molar-refractivity contribution in [3.63, 3.8) is 0 Å². The van der Waals surface area contributed by atoms with Crippen LogP contribution >= 0.6 is 0 Å². The summed E-state index contributed by atoms with van der Waals surface area (Å²) in [5.41, 5.74) is 4.38. The third kappa shape index (κ3) is 3.22. The number of nitrogens with zero attached hydrogens (tertiary/aromatic N) is 1. The number of hydrogen-bond acceptors (Lipinski definition) is 2. The molecule has 0 radical (unpaired) electrons. The summed E-state index contributed by atoms with van der Waals surface area (Å²) < 4.78 is 0. The largest absolute Gasteiger partial charge is 0.370 e. The van der Waals surface area contributed by atoms with E-state index in [9.17, 15) is 0 Å². The zero-order chi connectivity index (χ0) is 12.1. The van der Waals surface area contributed by atoms with Gasteiger partial charge in [-0.3, -0.25) is 0 Å². The van der Waals surface area contributed by atoms with Crippen molar-refractivity contribution in [3.8, 4) is 0 Å². The highest BCUT2D eigenvalue weighted by Gasteiger charge is 2.15. The quantitative estimate of drug-likeness (QED) is 0.785. The predicted octanol–water partition coefficient (Wildman–Crippen LogP) is 2.75. The molecule has 2 rings (SSSR count). The van der Waals surface area contributed by atoms with Crippen molar-refractivity contribution in [2.75, 3.05) is 31.1 Å². The van der Waals surface area contributed by atoms with Crippen LogP contribution in [0.3, 0.4) is 0 Å². The van der Waals surface area contributed by atoms with Crippen molar-refractivity contribution < 1.29 is 0 Å². The molecular formula is C15H24N2. The highest BCUT2D eigenvalue weighted by molar-refractivity contribution is 5.56. The summed E-state index contributed by atoms with van der Waals surface area (Å²) in [4.78, 5) is 2.53. The second kappa shape index (κ2) is 6.06. The summed E-state index contributed by atoms with van der Waals surface area (Å²) in [6, 6.07) is 6.88. The smallest absolute Gasteiger partial charge is 0.0399 e. The third-order valence-corrected chi connectivity index (χ3v) is 3.44. The van der Waals surface area contributed by atoms with E-state index in [0.29, 0.717) is 0 Å². The zero-order valence-corrected chi connectivity index (χ0v) is 11.1. The number of rotatable bonds is 5. The Kier molecular flexibility index (Phi) is 4.43. The lowest BCUT2D eigenvalue weighted by molar-refractivity contribution is 0.625. The molecule has 0 atom stereocenters. The van der Waals surface area contributed by atoms with Gasteiger partial charge in [0.25, 0.3) is 0 Å². The van der Waals surface area contributed by atoms with Crippen LogP contribution in [-0.4, -0.2) is 26.2 Å². The molecule has 0 saturated carbocycles. The summed E-state index contributed by atoms with van der Waals surface area (Å²) >= 11 is 0. The molecule has 0 saturated heterocycles. The molecule has 0 aliphatic carbocycles. The van der Waals surface area contributed by atoms with Gasteiger partial charge in [0.1, 0.15) is 0 Å². The summed E-state index contributed by atoms with van der Waals surface area (Å²) in [5.74, 6) is 0. The van der Waals surface area contributed by atoms with Gasteiger partial charge in [0.2, 0.25) is 0 Å². The van der Waals surface area contributed by atoms with Gasteiger partial charge in [0, 0.05) is 25.3 Å². The van der Waals surface area contributed by atoms with Gasteiger partial charge in [0.15, 0.2) is 0 Å². The van der Waals surface area contributed by atoms with Crippen LogP contribution in [0.15, 0.2) is 18.2 Å². The van der Waals surface area contributed by atoms with Crippen molar-refractivity contribution in [3.05, 3.63) is 29.3 Å². The SMILES string of the molecule is CCCNCCN1CCCc2cc(C)ccc21. The molecule has 2 heteroatoms. The van der Waals surface area contributed by atoms with E-state index in [1.807, 2.05) is 0 Å². The fourth-order valence-corrected chi connectivity index (χ4v) is 2.55. The van der Waals surface area contributed by atoms with Gasteiger partial charge >= 0.3 is 0 Å². The molecule has 0 amide bonds. The molecule has 1 aliphatic rings. The standard InChI is InChI=1S/C15H24N2/c1-3-8-16-9-11-17-10-4-5-14-12-13(2)6-7-15(14)17/h6-7,12,16H,3-5,8-11H2,1-2H3. The van der Waals surface area contributed by atoms with E-state index in [0.717, 1.165) is 19.6 Å². The molecule has 0 spiro atoms. The van der Waals surface area contributed by atoms with Crippen molar-refractivity contribution >= 4 is 5.69 Å². The Labute approximate surface area is 105 Å². The lowest BCUT2D eigenvalue weighted by Crippen LogP contribution is -2.35. The molecule has 17 heavy (non-hydrogen) atoms. The monoisotopic (exact) mass is 232 g/mol. The molecule has 0 unspecified atom stereocenters. The van der Waals surface area contributed by atoms with Crippen LogP contribution < -0.4 is 10.2 Å². The first-order valence-corrected chi connectivity index (χ1v) is 6.86. The number of anilines is 1. The maximum absolute atomic E-state index is 3.48. The van der Waals surface area contributed by atoms with E-state index in [-0.39, 0.29) is 0 Å². The zero-order valence-electron chi connectivity index (χ0n) is 11.1. The minimum atomic E-state index is 1.10. The number of aryl methyl sites for hydroxylation is 2. The van der Waals surface area contributed by atoms with Gasteiger partial charge in [-0.1, -0.05) is 24.6 Å². The molecule has 94 valence electrons. The molecule has 0 aromatic heterocycles. The Morgan fingerprint density at radius 3 is 3.00 bits per heavy atom. The molecule has 1 N–H and O–H groups in total. The molecule has 1 aromatic carbocycles. The van der Waals surface area contributed by atoms with E-state index in [4.69, 9.17) is 0 Å². The van der Waals surface area contributed by atoms with E-state index in [1.165, 1.54) is 42.6 Å². The summed E-state index contributed by atoms with van der Waals surface area (Å²) in [7, 11) is 0. The lowest BCUT2D eigenvalue weighted by atomic mass is 10.00. The average Bonchev–Trinajstić information content (AvgIpc) is 2.34. The topological polar surface area (TPSA) is 15.3 Å². The van der Waals surface area contributed by atoms with E-state index in [1.54, 1.807) is 0 Å². The summed E-state index contributed by atoms with van der Waals surface area (Å²) in [6.45, 7) is 8.98. The first-order valence-electron chi connectivity index (χ1n) is 6.86. The Hall–Kier alpha value is -1.02. The van der Waals surface area contributed by atoms with Gasteiger partial charge in [-0.2, -0.15) is 0 Å². The van der Waals surface area contributed by atoms with Crippen LogP contribution in [0.5, 0.6) is 0 Å². The molecule has 0 bridgehead atoms. The normalized spacial score (nSPS) is 14.8. The van der Waals surface area contributed by atoms with Crippen LogP contribution in [0.2, 0.25) is 0 Å². The fraction of sp³-hybridized carbons (Fsp3) is 0.600. The highest BCUT2D eigenvalue weighted by atomic mass is 15.1. The van der Waals surface area contributed by atoms with Crippen molar-refractivity contribution in [2.45, 2.75) is 33.1 Å². The average molecular weight is 232 g/mol. The van der Waals surface area contributed by atoms with Crippen LogP contribution in [0, 0.1) is 6.92 Å². The number of fused-ring (bicyclic) bond motifs is 1. The van der Waals surface area contributed by atoms with Crippen molar-refractivity contribution in [1.29, 1.82) is 0 Å². The van der Waals surface area contributed by atoms with Crippen molar-refractivity contribution in [1.82, 2.24) is 5.32 Å². The van der Waals surface area contributed by atoms with Crippen LogP contribution in [0.1, 0.15) is 30.9 Å². The summed E-state index contributed by atoms with van der Waals surface area (Å²) in [6.07, 6.45) is 3.76. The Morgan fingerprint density at radius 1 is 1.29 bits per heavy atom. The minimum absolute atomic E-state index is 1.10. The molecule has 2 nitrogen and oxygen atoms in total. The first kappa shape index (κ1) is 12.4. The van der Waals surface area contributed by atoms with Gasteiger partial charge in [-0.05, 0) is 44.4 Å². The fourth-order valence-electron chi connectivity index (χ4n) is 2.55. The van der Waals surface area contributed by atoms with Gasteiger partial charge < -0.3 is 10.2 Å². The van der Waals surface area contributed by atoms with Crippen molar-refractivity contribution in [2.24, 2.45) is 0 Å². The number of benzene rings is 1. The van der Waals surface area contributed by atoms with Crippen LogP contribution in [0.4, 0.5) is 5.69 Å². The van der Waals surface area contributed by atoms with Gasteiger partial charge in [-0.25, -0.2) is 0 Å². The third-order valence-electron chi connectivity index (χ3n) is 3.44. The van der Waals surface area contributed by atoms with Crippen LogP contribution in [0.25, 0.3) is 0 Å². The van der Waals surface area contributed by atoms with Gasteiger partial charge in [0.05, 0.1) is 0 Å². The predicted molar refractivity (Wildman–Crippen MR) is 74.9 cm³/mol. The second-order valence-electron chi connectivity index (χ2n) is 4.97. The number of nitrogens with one attached hydrogen (secondary N) is 1. The molecular weight excluding hydrogens is 208 g/mol. The van der Waals surface area contributed by atoms with E-state index >= 15 is 0 Å².